The normalized spacial score (nSPS) is 10.9. The lowest BCUT2D eigenvalue weighted by molar-refractivity contribution is -0.384. The van der Waals surface area contributed by atoms with Crippen LogP contribution in [0.15, 0.2) is 83.3 Å². The molecule has 0 amide bonds. The Morgan fingerprint density at radius 3 is 2.66 bits per heavy atom. The van der Waals surface area contributed by atoms with Gasteiger partial charge in [-0.05, 0) is 47.5 Å². The molecule has 0 fully saturated rings. The van der Waals surface area contributed by atoms with E-state index in [4.69, 9.17) is 16.3 Å². The Hall–Kier alpha value is -3.75. The minimum Gasteiger partial charge on any atom is -0.489 e. The summed E-state index contributed by atoms with van der Waals surface area (Å²) in [4.78, 5) is 14.8. The highest BCUT2D eigenvalue weighted by Crippen LogP contribution is 2.26. The summed E-state index contributed by atoms with van der Waals surface area (Å²) in [5.74, 6) is 0.735. The van der Waals surface area contributed by atoms with Gasteiger partial charge in [-0.25, -0.2) is 4.98 Å². The van der Waals surface area contributed by atoms with Gasteiger partial charge in [0.15, 0.2) is 0 Å². The molecule has 0 atom stereocenters. The number of hydrogen-bond acceptors (Lipinski definition) is 7. The lowest BCUT2D eigenvalue weighted by atomic mass is 10.1. The molecule has 9 heteroatoms. The van der Waals surface area contributed by atoms with E-state index in [-0.39, 0.29) is 5.69 Å². The first-order valence-corrected chi connectivity index (χ1v) is 10.8. The Morgan fingerprint density at radius 1 is 1.12 bits per heavy atom. The number of rotatable bonds is 8. The van der Waals surface area contributed by atoms with Crippen LogP contribution in [0.2, 0.25) is 5.02 Å². The molecule has 1 aromatic heterocycles. The summed E-state index contributed by atoms with van der Waals surface area (Å²) in [5.41, 5.74) is 6.38. The van der Waals surface area contributed by atoms with E-state index in [1.807, 2.05) is 53.9 Å². The molecule has 160 valence electrons. The van der Waals surface area contributed by atoms with Crippen LogP contribution < -0.4 is 10.2 Å². The van der Waals surface area contributed by atoms with Crippen LogP contribution in [0.1, 0.15) is 11.1 Å². The lowest BCUT2D eigenvalue weighted by Crippen LogP contribution is -1.96. The largest absolute Gasteiger partial charge is 0.489 e. The van der Waals surface area contributed by atoms with Crippen molar-refractivity contribution in [2.75, 3.05) is 5.43 Å². The van der Waals surface area contributed by atoms with Gasteiger partial charge in [0, 0.05) is 28.1 Å². The van der Waals surface area contributed by atoms with E-state index in [9.17, 15) is 10.1 Å². The van der Waals surface area contributed by atoms with Crippen LogP contribution in [-0.4, -0.2) is 16.1 Å². The highest BCUT2D eigenvalue weighted by molar-refractivity contribution is 7.14. The zero-order valence-corrected chi connectivity index (χ0v) is 18.2. The molecule has 0 saturated carbocycles. The van der Waals surface area contributed by atoms with Gasteiger partial charge < -0.3 is 4.74 Å². The van der Waals surface area contributed by atoms with E-state index in [1.165, 1.54) is 23.5 Å². The number of nitro benzene ring substituents is 1. The predicted molar refractivity (Wildman–Crippen MR) is 128 cm³/mol. The van der Waals surface area contributed by atoms with Gasteiger partial charge in [0.25, 0.3) is 5.69 Å². The SMILES string of the molecule is O=[N+]([O-])c1ccc(-c2csc(N/N=C\c3cccc(OCc4ccc(Cl)cc4)c3)n2)cc1. The van der Waals surface area contributed by atoms with Crippen molar-refractivity contribution in [3.05, 3.63) is 104 Å². The molecule has 4 aromatic rings. The van der Waals surface area contributed by atoms with Crippen molar-refractivity contribution < 1.29 is 9.66 Å². The summed E-state index contributed by atoms with van der Waals surface area (Å²) >= 11 is 7.30. The quantitative estimate of drug-likeness (QED) is 0.185. The van der Waals surface area contributed by atoms with Crippen LogP contribution in [0.4, 0.5) is 10.8 Å². The number of ether oxygens (including phenoxy) is 1. The van der Waals surface area contributed by atoms with E-state index < -0.39 is 4.92 Å². The number of nitrogens with zero attached hydrogens (tertiary/aromatic N) is 3. The summed E-state index contributed by atoms with van der Waals surface area (Å²) in [7, 11) is 0. The molecule has 3 aromatic carbocycles. The van der Waals surface area contributed by atoms with Crippen molar-refractivity contribution in [2.24, 2.45) is 5.10 Å². The summed E-state index contributed by atoms with van der Waals surface area (Å²) in [5, 5.41) is 18.2. The molecule has 0 aliphatic heterocycles. The first kappa shape index (κ1) is 21.5. The van der Waals surface area contributed by atoms with Gasteiger partial charge in [-0.15, -0.1) is 11.3 Å². The Bertz CT molecular complexity index is 1240. The highest BCUT2D eigenvalue weighted by Gasteiger charge is 2.08. The van der Waals surface area contributed by atoms with Crippen molar-refractivity contribution in [3.63, 3.8) is 0 Å². The van der Waals surface area contributed by atoms with E-state index in [0.29, 0.717) is 16.8 Å². The van der Waals surface area contributed by atoms with Gasteiger partial charge in [-0.1, -0.05) is 35.9 Å². The Kier molecular flexibility index (Phi) is 6.74. The molecule has 32 heavy (non-hydrogen) atoms. The standard InChI is InChI=1S/C23H17ClN4O3S/c24-19-8-4-16(5-9-19)14-31-21-3-1-2-17(12-21)13-25-27-23-26-22(15-32-23)18-6-10-20(11-7-18)28(29)30/h1-13,15H,14H2,(H,26,27)/b25-13-. The van der Waals surface area contributed by atoms with Gasteiger partial charge in [-0.2, -0.15) is 5.10 Å². The fourth-order valence-electron chi connectivity index (χ4n) is 2.81. The van der Waals surface area contributed by atoms with Gasteiger partial charge in [0.1, 0.15) is 12.4 Å². The first-order valence-electron chi connectivity index (χ1n) is 9.53. The highest BCUT2D eigenvalue weighted by atomic mass is 35.5. The molecule has 0 aliphatic carbocycles. The topological polar surface area (TPSA) is 89.7 Å². The number of aromatic nitrogens is 1. The average molecular weight is 465 g/mol. The third-order valence-electron chi connectivity index (χ3n) is 4.43. The van der Waals surface area contributed by atoms with Crippen LogP contribution in [0, 0.1) is 10.1 Å². The Balaban J connectivity index is 1.34. The second-order valence-electron chi connectivity index (χ2n) is 6.70. The van der Waals surface area contributed by atoms with Crippen molar-refractivity contribution in [3.8, 4) is 17.0 Å². The Morgan fingerprint density at radius 2 is 1.91 bits per heavy atom. The van der Waals surface area contributed by atoms with Crippen molar-refractivity contribution in [2.45, 2.75) is 6.61 Å². The Labute approximate surface area is 193 Å². The van der Waals surface area contributed by atoms with E-state index in [1.54, 1.807) is 18.3 Å². The number of nitro groups is 1. The van der Waals surface area contributed by atoms with E-state index in [0.717, 1.165) is 28.1 Å². The van der Waals surface area contributed by atoms with Crippen molar-refractivity contribution >= 4 is 40.0 Å². The van der Waals surface area contributed by atoms with E-state index in [2.05, 4.69) is 15.5 Å². The molecule has 1 N–H and O–H groups in total. The van der Waals surface area contributed by atoms with Gasteiger partial charge in [0.2, 0.25) is 5.13 Å². The summed E-state index contributed by atoms with van der Waals surface area (Å²) in [6.07, 6.45) is 1.68. The van der Waals surface area contributed by atoms with Gasteiger partial charge >= 0.3 is 0 Å². The van der Waals surface area contributed by atoms with Gasteiger partial charge in [-0.3, -0.25) is 15.5 Å². The maximum absolute atomic E-state index is 10.8. The third kappa shape index (κ3) is 5.69. The summed E-state index contributed by atoms with van der Waals surface area (Å²) in [6, 6.07) is 21.4. The zero-order chi connectivity index (χ0) is 22.3. The molecule has 0 bridgehead atoms. The molecule has 0 unspecified atom stereocenters. The maximum Gasteiger partial charge on any atom is 0.269 e. The minimum atomic E-state index is -0.426. The molecule has 0 radical (unpaired) electrons. The minimum absolute atomic E-state index is 0.0475. The van der Waals surface area contributed by atoms with Crippen LogP contribution in [-0.2, 0) is 6.61 Å². The zero-order valence-electron chi connectivity index (χ0n) is 16.6. The molecular weight excluding hydrogens is 448 g/mol. The number of halogens is 1. The van der Waals surface area contributed by atoms with Crippen LogP contribution in [0.3, 0.4) is 0 Å². The summed E-state index contributed by atoms with van der Waals surface area (Å²) < 4.78 is 5.84. The molecule has 0 aliphatic rings. The van der Waals surface area contributed by atoms with Gasteiger partial charge in [0.05, 0.1) is 16.8 Å². The number of benzene rings is 3. The fourth-order valence-corrected chi connectivity index (χ4v) is 3.60. The molecule has 1 heterocycles. The number of hydrogen-bond donors (Lipinski definition) is 1. The lowest BCUT2D eigenvalue weighted by Gasteiger charge is -2.07. The number of thiazole rings is 1. The monoisotopic (exact) mass is 464 g/mol. The second kappa shape index (κ2) is 10.0. The molecular formula is C23H17ClN4O3S. The molecule has 0 saturated heterocycles. The smallest absolute Gasteiger partial charge is 0.269 e. The van der Waals surface area contributed by atoms with Crippen molar-refractivity contribution in [1.82, 2.24) is 4.98 Å². The first-order chi connectivity index (χ1) is 15.6. The van der Waals surface area contributed by atoms with Crippen LogP contribution in [0.25, 0.3) is 11.3 Å². The fraction of sp³-hybridized carbons (Fsp3) is 0.0435. The third-order valence-corrected chi connectivity index (χ3v) is 5.43. The summed E-state index contributed by atoms with van der Waals surface area (Å²) in [6.45, 7) is 0.445. The van der Waals surface area contributed by atoms with Crippen LogP contribution >= 0.6 is 22.9 Å². The molecule has 7 nitrogen and oxygen atoms in total. The number of hydrazone groups is 1. The predicted octanol–water partition coefficient (Wildman–Crippen LogP) is 6.40. The average Bonchev–Trinajstić information content (AvgIpc) is 3.28. The molecule has 4 rings (SSSR count). The second-order valence-corrected chi connectivity index (χ2v) is 7.99. The molecule has 0 spiro atoms. The van der Waals surface area contributed by atoms with Crippen molar-refractivity contribution in [1.29, 1.82) is 0 Å². The number of non-ortho nitro benzene ring substituents is 1. The number of anilines is 1. The maximum atomic E-state index is 10.8. The number of nitrogens with one attached hydrogen (secondary N) is 1. The van der Waals surface area contributed by atoms with Crippen LogP contribution in [0.5, 0.6) is 5.75 Å². The van der Waals surface area contributed by atoms with E-state index >= 15 is 0 Å².